The molecule has 2 N–H and O–H groups in total. The van der Waals surface area contributed by atoms with Crippen LogP contribution in [0.5, 0.6) is 0 Å². The fourth-order valence-corrected chi connectivity index (χ4v) is 2.54. The Labute approximate surface area is 119 Å². The smallest absolute Gasteiger partial charge is 0.251 e. The molecule has 0 saturated carbocycles. The lowest BCUT2D eigenvalue weighted by molar-refractivity contribution is 0.613. The Bertz CT molecular complexity index is 741. The standard InChI is InChI=1S/C16H19N3O/c1-2-13-9-14-15(19-16(13)20)8-12(10-18-14)7-11-3-5-17-6-4-11/h7-10,17H,2-6H2,1H3,(H,19,20)/i/hD. The van der Waals surface area contributed by atoms with Gasteiger partial charge in [-0.15, -0.1) is 0 Å². The average molecular weight is 270 g/mol. The summed E-state index contributed by atoms with van der Waals surface area (Å²) in [7, 11) is 0. The molecular formula is C16H19N3O. The minimum Gasteiger partial charge on any atom is -0.320 e. The summed E-state index contributed by atoms with van der Waals surface area (Å²) in [5.41, 5.74) is 4.70. The maximum Gasteiger partial charge on any atom is 0.251 e. The molecule has 0 bridgehead atoms. The summed E-state index contributed by atoms with van der Waals surface area (Å²) >= 11 is 0. The molecule has 2 aromatic heterocycles. The second kappa shape index (κ2) is 5.59. The van der Waals surface area contributed by atoms with Crippen molar-refractivity contribution in [2.24, 2.45) is 0 Å². The number of rotatable bonds is 2. The molecule has 0 aromatic carbocycles. The highest BCUT2D eigenvalue weighted by molar-refractivity contribution is 5.77. The van der Waals surface area contributed by atoms with Crippen molar-refractivity contribution in [1.29, 1.82) is 0 Å². The van der Waals surface area contributed by atoms with Crippen LogP contribution in [-0.4, -0.2) is 23.1 Å². The molecule has 1 aliphatic heterocycles. The fraction of sp³-hybridized carbons (Fsp3) is 0.375. The first-order chi connectivity index (χ1) is 10.2. The molecule has 1 saturated heterocycles. The number of nitrogens with zero attached hydrogens (tertiary/aromatic N) is 1. The lowest BCUT2D eigenvalue weighted by atomic mass is 10.0. The number of hydrogen-bond acceptors (Lipinski definition) is 3. The maximum absolute atomic E-state index is 11.9. The van der Waals surface area contributed by atoms with Gasteiger partial charge in [0, 0.05) is 11.8 Å². The van der Waals surface area contributed by atoms with E-state index in [1.165, 1.54) is 5.57 Å². The lowest BCUT2D eigenvalue weighted by Crippen LogP contribution is -2.22. The van der Waals surface area contributed by atoms with Crippen LogP contribution >= 0.6 is 0 Å². The summed E-state index contributed by atoms with van der Waals surface area (Å²) in [6, 6.07) is 3.84. The maximum atomic E-state index is 11.9. The summed E-state index contributed by atoms with van der Waals surface area (Å²) in [6.45, 7) is 3.53. The molecule has 4 nitrogen and oxygen atoms in total. The Morgan fingerprint density at radius 2 is 2.20 bits per heavy atom. The number of aromatic amines is 1. The molecule has 1 aliphatic rings. The number of aromatic nitrogens is 2. The molecule has 2 aromatic rings. The van der Waals surface area contributed by atoms with Gasteiger partial charge in [-0.2, -0.15) is 0 Å². The summed E-state index contributed by atoms with van der Waals surface area (Å²) < 4.78 is 7.57. The molecule has 0 radical (unpaired) electrons. The minimum atomic E-state index is -0.0286. The van der Waals surface area contributed by atoms with E-state index in [-0.39, 0.29) is 5.56 Å². The van der Waals surface area contributed by atoms with E-state index in [4.69, 9.17) is 1.41 Å². The molecule has 1 fully saturated rings. The van der Waals surface area contributed by atoms with Gasteiger partial charge in [0.2, 0.25) is 0 Å². The van der Waals surface area contributed by atoms with Crippen LogP contribution in [0.25, 0.3) is 17.1 Å². The Morgan fingerprint density at radius 1 is 1.40 bits per heavy atom. The van der Waals surface area contributed by atoms with E-state index in [1.807, 2.05) is 25.3 Å². The molecule has 0 spiro atoms. The second-order valence-electron chi connectivity index (χ2n) is 5.15. The number of piperidine rings is 1. The Kier molecular flexibility index (Phi) is 3.31. The third kappa shape index (κ3) is 2.65. The summed E-state index contributed by atoms with van der Waals surface area (Å²) in [4.78, 5) is 19.2. The number of fused-ring (bicyclic) bond motifs is 1. The molecule has 3 rings (SSSR count). The van der Waals surface area contributed by atoms with Crippen molar-refractivity contribution in [1.82, 2.24) is 15.3 Å². The quantitative estimate of drug-likeness (QED) is 0.880. The molecule has 0 aliphatic carbocycles. The van der Waals surface area contributed by atoms with E-state index in [2.05, 4.69) is 16.0 Å². The summed E-state index contributed by atoms with van der Waals surface area (Å²) in [5.74, 6) is 0. The average Bonchev–Trinajstić information content (AvgIpc) is 2.49. The molecule has 3 heterocycles. The van der Waals surface area contributed by atoms with E-state index in [0.717, 1.165) is 48.1 Å². The molecular weight excluding hydrogens is 250 g/mol. The molecule has 4 heteroatoms. The van der Waals surface area contributed by atoms with Gasteiger partial charge in [-0.25, -0.2) is 0 Å². The van der Waals surface area contributed by atoms with Crippen molar-refractivity contribution in [3.05, 3.63) is 45.4 Å². The van der Waals surface area contributed by atoms with Crippen LogP contribution in [-0.2, 0) is 6.42 Å². The van der Waals surface area contributed by atoms with Crippen LogP contribution in [0.1, 0.15) is 30.9 Å². The SMILES string of the molecule is [2H]N1CCC(=Cc2cnc3cc(CC)c(=O)[nH]c3c2)CC1. The van der Waals surface area contributed by atoms with Gasteiger partial charge in [-0.1, -0.05) is 18.6 Å². The van der Waals surface area contributed by atoms with E-state index in [1.54, 1.807) is 5.31 Å². The number of pyridine rings is 2. The molecule has 104 valence electrons. The third-order valence-corrected chi connectivity index (χ3v) is 3.72. The van der Waals surface area contributed by atoms with Crippen molar-refractivity contribution in [3.8, 4) is 0 Å². The molecule has 20 heavy (non-hydrogen) atoms. The van der Waals surface area contributed by atoms with E-state index >= 15 is 0 Å². The van der Waals surface area contributed by atoms with Crippen LogP contribution < -0.4 is 10.9 Å². The zero-order valence-electron chi connectivity index (χ0n) is 12.6. The van der Waals surface area contributed by atoms with Crippen LogP contribution in [0.15, 0.2) is 28.7 Å². The van der Waals surface area contributed by atoms with Crippen molar-refractivity contribution in [3.63, 3.8) is 0 Å². The topological polar surface area (TPSA) is 57.8 Å². The Balaban J connectivity index is 1.94. The third-order valence-electron chi connectivity index (χ3n) is 3.72. The Morgan fingerprint density at radius 3 is 2.95 bits per heavy atom. The predicted molar refractivity (Wildman–Crippen MR) is 81.8 cm³/mol. The zero-order valence-corrected chi connectivity index (χ0v) is 11.6. The van der Waals surface area contributed by atoms with Gasteiger partial charge in [-0.3, -0.25) is 9.78 Å². The minimum absolute atomic E-state index is 0.0286. The first kappa shape index (κ1) is 11.9. The summed E-state index contributed by atoms with van der Waals surface area (Å²) in [6.07, 6.45) is 6.54. The summed E-state index contributed by atoms with van der Waals surface area (Å²) in [5, 5.41) is 1.60. The van der Waals surface area contributed by atoms with E-state index < -0.39 is 0 Å². The number of aryl methyl sites for hydroxylation is 1. The highest BCUT2D eigenvalue weighted by Crippen LogP contribution is 2.17. The number of H-pyrrole nitrogens is 1. The highest BCUT2D eigenvalue weighted by Gasteiger charge is 2.06. The Hall–Kier alpha value is -1.94. The molecule has 0 amide bonds. The van der Waals surface area contributed by atoms with Gasteiger partial charge in [0.25, 0.3) is 5.56 Å². The van der Waals surface area contributed by atoms with Gasteiger partial charge in [0.05, 0.1) is 11.0 Å². The number of nitrogens with one attached hydrogen (secondary N) is 2. The van der Waals surface area contributed by atoms with E-state index in [9.17, 15) is 4.79 Å². The van der Waals surface area contributed by atoms with E-state index in [0.29, 0.717) is 6.42 Å². The predicted octanol–water partition coefficient (Wildman–Crippen LogP) is 2.25. The van der Waals surface area contributed by atoms with Crippen molar-refractivity contribution in [2.75, 3.05) is 13.1 Å². The van der Waals surface area contributed by atoms with Crippen molar-refractivity contribution < 1.29 is 1.41 Å². The van der Waals surface area contributed by atoms with Crippen molar-refractivity contribution in [2.45, 2.75) is 26.2 Å². The lowest BCUT2D eigenvalue weighted by Gasteiger charge is -2.15. The van der Waals surface area contributed by atoms with Gasteiger partial charge < -0.3 is 10.3 Å². The van der Waals surface area contributed by atoms with Crippen molar-refractivity contribution >= 4 is 17.1 Å². The van der Waals surface area contributed by atoms with Crippen LogP contribution in [0, 0.1) is 0 Å². The fourth-order valence-electron chi connectivity index (χ4n) is 2.54. The normalized spacial score (nSPS) is 17.2. The monoisotopic (exact) mass is 270 g/mol. The highest BCUT2D eigenvalue weighted by atomic mass is 16.1. The van der Waals surface area contributed by atoms with Gasteiger partial charge in [-0.05, 0) is 50.0 Å². The van der Waals surface area contributed by atoms with Crippen LogP contribution in [0.3, 0.4) is 0 Å². The molecule has 0 unspecified atom stereocenters. The van der Waals surface area contributed by atoms with Crippen LogP contribution in [0.2, 0.25) is 1.41 Å². The van der Waals surface area contributed by atoms with Gasteiger partial charge in [0.1, 0.15) is 1.41 Å². The zero-order chi connectivity index (χ0) is 14.8. The van der Waals surface area contributed by atoms with Gasteiger partial charge >= 0.3 is 0 Å². The van der Waals surface area contributed by atoms with Crippen LogP contribution in [0.4, 0.5) is 0 Å². The second-order valence-corrected chi connectivity index (χ2v) is 5.15. The largest absolute Gasteiger partial charge is 0.320 e. The molecule has 0 atom stereocenters. The van der Waals surface area contributed by atoms with Gasteiger partial charge in [0.15, 0.2) is 0 Å². The first-order valence-electron chi connectivity index (χ1n) is 7.55. The first-order valence-corrected chi connectivity index (χ1v) is 7.11. The number of hydrogen-bond donors (Lipinski definition) is 2.